The molecule has 0 saturated carbocycles. The molecule has 4 nitrogen and oxygen atoms in total. The molecule has 1 aromatic heterocycles. The van der Waals surface area contributed by atoms with Crippen LogP contribution in [0, 0.1) is 11.3 Å². The Morgan fingerprint density at radius 1 is 1.50 bits per heavy atom. The highest BCUT2D eigenvalue weighted by molar-refractivity contribution is 6.33. The van der Waals surface area contributed by atoms with Gasteiger partial charge in [-0.1, -0.05) is 39.3 Å². The number of aromatic nitrogens is 1. The summed E-state index contributed by atoms with van der Waals surface area (Å²) in [5, 5.41) is 12.2. The van der Waals surface area contributed by atoms with Crippen molar-refractivity contribution in [2.75, 3.05) is 11.9 Å². The van der Waals surface area contributed by atoms with E-state index in [0.717, 1.165) is 6.54 Å². The maximum absolute atomic E-state index is 10.9. The molecule has 0 amide bonds. The van der Waals surface area contributed by atoms with Gasteiger partial charge in [-0.3, -0.25) is 0 Å². The molecule has 1 aromatic rings. The number of anilines is 1. The molecule has 0 aliphatic rings. The van der Waals surface area contributed by atoms with E-state index in [1.165, 1.54) is 0 Å². The third kappa shape index (κ3) is 3.88. The number of carboxylic acid groups (broad SMARTS) is 1. The summed E-state index contributed by atoms with van der Waals surface area (Å²) in [5.41, 5.74) is 0.0692. The first-order valence-corrected chi connectivity index (χ1v) is 6.23. The summed E-state index contributed by atoms with van der Waals surface area (Å²) in [4.78, 5) is 14.9. The Bertz CT molecular complexity index is 441. The van der Waals surface area contributed by atoms with Gasteiger partial charge in [0.15, 0.2) is 5.69 Å². The molecule has 1 rings (SSSR count). The van der Waals surface area contributed by atoms with Crippen LogP contribution in [0.1, 0.15) is 38.2 Å². The average molecular weight is 271 g/mol. The Kier molecular flexibility index (Phi) is 4.57. The molecule has 0 aliphatic carbocycles. The first-order chi connectivity index (χ1) is 8.21. The van der Waals surface area contributed by atoms with Crippen LogP contribution in [0.3, 0.4) is 0 Å². The third-order valence-corrected chi connectivity index (χ3v) is 3.42. The van der Waals surface area contributed by atoms with Gasteiger partial charge in [0.25, 0.3) is 0 Å². The van der Waals surface area contributed by atoms with Gasteiger partial charge in [0.2, 0.25) is 0 Å². The van der Waals surface area contributed by atoms with Crippen molar-refractivity contribution in [3.63, 3.8) is 0 Å². The number of hydrogen-bond donors (Lipinski definition) is 2. The fraction of sp³-hybridized carbons (Fsp3) is 0.538. The van der Waals surface area contributed by atoms with E-state index in [2.05, 4.69) is 38.0 Å². The van der Waals surface area contributed by atoms with Crippen LogP contribution < -0.4 is 5.32 Å². The fourth-order valence-electron chi connectivity index (χ4n) is 1.25. The second-order valence-corrected chi connectivity index (χ2v) is 5.89. The molecule has 1 unspecified atom stereocenters. The van der Waals surface area contributed by atoms with Gasteiger partial charge in [0, 0.05) is 6.54 Å². The number of rotatable bonds is 4. The van der Waals surface area contributed by atoms with Crippen LogP contribution in [0.15, 0.2) is 12.1 Å². The lowest BCUT2D eigenvalue weighted by Gasteiger charge is -2.27. The van der Waals surface area contributed by atoms with Crippen molar-refractivity contribution >= 4 is 23.4 Å². The minimum Gasteiger partial charge on any atom is -0.476 e. The molecule has 18 heavy (non-hydrogen) atoms. The van der Waals surface area contributed by atoms with Gasteiger partial charge in [0.05, 0.1) is 5.02 Å². The van der Waals surface area contributed by atoms with Crippen LogP contribution in [0.4, 0.5) is 5.82 Å². The predicted molar refractivity (Wildman–Crippen MR) is 73.3 cm³/mol. The fourth-order valence-corrected chi connectivity index (χ4v) is 1.44. The van der Waals surface area contributed by atoms with Crippen molar-refractivity contribution in [3.05, 3.63) is 22.8 Å². The first kappa shape index (κ1) is 14.8. The number of nitrogens with one attached hydrogen (secondary N) is 1. The van der Waals surface area contributed by atoms with Gasteiger partial charge in [-0.15, -0.1) is 0 Å². The number of hydrogen-bond acceptors (Lipinski definition) is 3. The minimum absolute atomic E-state index is 0.120. The number of carbonyl (C=O) groups is 1. The zero-order valence-corrected chi connectivity index (χ0v) is 11.9. The number of aromatic carboxylic acids is 1. The quantitative estimate of drug-likeness (QED) is 0.879. The Balaban J connectivity index is 2.75. The largest absolute Gasteiger partial charge is 0.476 e. The summed E-state index contributed by atoms with van der Waals surface area (Å²) in [6.07, 6.45) is 0. The SMILES string of the molecule is CC(CNc1ccc(Cl)c(C(=O)O)n1)C(C)(C)C. The number of carboxylic acids is 1. The van der Waals surface area contributed by atoms with E-state index >= 15 is 0 Å². The second kappa shape index (κ2) is 5.57. The zero-order chi connectivity index (χ0) is 13.9. The summed E-state index contributed by atoms with van der Waals surface area (Å²) in [7, 11) is 0. The van der Waals surface area contributed by atoms with E-state index in [0.29, 0.717) is 11.7 Å². The Labute approximate surface area is 112 Å². The van der Waals surface area contributed by atoms with E-state index in [1.54, 1.807) is 12.1 Å². The van der Waals surface area contributed by atoms with Crippen LogP contribution in [-0.2, 0) is 0 Å². The van der Waals surface area contributed by atoms with Gasteiger partial charge >= 0.3 is 5.97 Å². The Morgan fingerprint density at radius 3 is 2.61 bits per heavy atom. The first-order valence-electron chi connectivity index (χ1n) is 5.85. The van der Waals surface area contributed by atoms with E-state index in [1.807, 2.05) is 0 Å². The molecule has 0 spiro atoms. The molecule has 5 heteroatoms. The third-order valence-electron chi connectivity index (χ3n) is 3.12. The molecule has 100 valence electrons. The van der Waals surface area contributed by atoms with E-state index in [-0.39, 0.29) is 16.1 Å². The minimum atomic E-state index is -1.12. The summed E-state index contributed by atoms with van der Waals surface area (Å²) in [6.45, 7) is 9.37. The van der Waals surface area contributed by atoms with Crippen molar-refractivity contribution in [2.24, 2.45) is 11.3 Å². The Morgan fingerprint density at radius 2 is 2.11 bits per heavy atom. The van der Waals surface area contributed by atoms with Crippen LogP contribution in [-0.4, -0.2) is 22.6 Å². The predicted octanol–water partition coefficient (Wildman–Crippen LogP) is 3.53. The van der Waals surface area contributed by atoms with Gasteiger partial charge in [0.1, 0.15) is 5.82 Å². The summed E-state index contributed by atoms with van der Waals surface area (Å²) < 4.78 is 0. The van der Waals surface area contributed by atoms with E-state index < -0.39 is 5.97 Å². The highest BCUT2D eigenvalue weighted by Crippen LogP contribution is 2.25. The molecule has 2 N–H and O–H groups in total. The highest BCUT2D eigenvalue weighted by atomic mass is 35.5. The number of pyridine rings is 1. The van der Waals surface area contributed by atoms with Crippen LogP contribution >= 0.6 is 11.6 Å². The van der Waals surface area contributed by atoms with Crippen LogP contribution in [0.2, 0.25) is 5.02 Å². The molecule has 0 fully saturated rings. The van der Waals surface area contributed by atoms with Crippen LogP contribution in [0.25, 0.3) is 0 Å². The average Bonchev–Trinajstić information content (AvgIpc) is 2.25. The summed E-state index contributed by atoms with van der Waals surface area (Å²) in [5.74, 6) is -0.149. The molecule has 0 radical (unpaired) electrons. The molecule has 0 saturated heterocycles. The molecule has 0 bridgehead atoms. The normalized spacial score (nSPS) is 13.2. The highest BCUT2D eigenvalue weighted by Gasteiger charge is 2.20. The van der Waals surface area contributed by atoms with Gasteiger partial charge < -0.3 is 10.4 Å². The van der Waals surface area contributed by atoms with Crippen LogP contribution in [0.5, 0.6) is 0 Å². The molecule has 1 heterocycles. The zero-order valence-electron chi connectivity index (χ0n) is 11.1. The van der Waals surface area contributed by atoms with Crippen molar-refractivity contribution in [1.29, 1.82) is 0 Å². The molecule has 1 atom stereocenters. The van der Waals surface area contributed by atoms with Gasteiger partial charge in [-0.05, 0) is 23.5 Å². The topological polar surface area (TPSA) is 62.2 Å². The van der Waals surface area contributed by atoms with Crippen molar-refractivity contribution in [2.45, 2.75) is 27.7 Å². The standard InChI is InChI=1S/C13H19ClN2O2/c1-8(13(2,3)4)7-15-10-6-5-9(14)11(16-10)12(17)18/h5-6,8H,7H2,1-4H3,(H,15,16)(H,17,18). The summed E-state index contributed by atoms with van der Waals surface area (Å²) in [6, 6.07) is 3.23. The molecule has 0 aromatic carbocycles. The molecular weight excluding hydrogens is 252 g/mol. The number of halogens is 1. The summed E-state index contributed by atoms with van der Waals surface area (Å²) >= 11 is 5.76. The van der Waals surface area contributed by atoms with Gasteiger partial charge in [-0.2, -0.15) is 0 Å². The number of nitrogens with zero attached hydrogens (tertiary/aromatic N) is 1. The molecule has 0 aliphatic heterocycles. The smallest absolute Gasteiger partial charge is 0.356 e. The lowest BCUT2D eigenvalue weighted by Crippen LogP contribution is -2.25. The van der Waals surface area contributed by atoms with E-state index in [4.69, 9.17) is 16.7 Å². The van der Waals surface area contributed by atoms with Crippen molar-refractivity contribution in [3.8, 4) is 0 Å². The van der Waals surface area contributed by atoms with Crippen molar-refractivity contribution < 1.29 is 9.90 Å². The Hall–Kier alpha value is -1.29. The van der Waals surface area contributed by atoms with Crippen molar-refractivity contribution in [1.82, 2.24) is 4.98 Å². The monoisotopic (exact) mass is 270 g/mol. The molecular formula is C13H19ClN2O2. The maximum atomic E-state index is 10.9. The van der Waals surface area contributed by atoms with E-state index in [9.17, 15) is 4.79 Å². The maximum Gasteiger partial charge on any atom is 0.356 e. The second-order valence-electron chi connectivity index (χ2n) is 5.48. The van der Waals surface area contributed by atoms with Gasteiger partial charge in [-0.25, -0.2) is 9.78 Å². The lowest BCUT2D eigenvalue weighted by atomic mass is 9.82. The lowest BCUT2D eigenvalue weighted by molar-refractivity contribution is 0.0691.